The van der Waals surface area contributed by atoms with Gasteiger partial charge in [0.05, 0.1) is 18.6 Å². The van der Waals surface area contributed by atoms with Crippen molar-refractivity contribution in [3.8, 4) is 11.4 Å². The molecule has 28 heavy (non-hydrogen) atoms. The summed E-state index contributed by atoms with van der Waals surface area (Å²) in [5.41, 5.74) is 3.30. The summed E-state index contributed by atoms with van der Waals surface area (Å²) in [5.74, 6) is 0.563. The van der Waals surface area contributed by atoms with Gasteiger partial charge in [0, 0.05) is 24.1 Å². The maximum Gasteiger partial charge on any atom is 0.287 e. The molecule has 0 unspecified atom stereocenters. The number of thioether (sulfide) groups is 1. The third-order valence-corrected chi connectivity index (χ3v) is 4.95. The van der Waals surface area contributed by atoms with Gasteiger partial charge in [0.2, 0.25) is 5.91 Å². The van der Waals surface area contributed by atoms with Crippen molar-refractivity contribution in [2.45, 2.75) is 18.9 Å². The molecule has 0 aliphatic heterocycles. The lowest BCUT2D eigenvalue weighted by molar-refractivity contribution is -0.113. The summed E-state index contributed by atoms with van der Waals surface area (Å²) in [6.07, 6.45) is 3.14. The van der Waals surface area contributed by atoms with E-state index in [1.807, 2.05) is 50.2 Å². The van der Waals surface area contributed by atoms with E-state index in [2.05, 4.69) is 10.3 Å². The number of hydrogen-bond donors (Lipinski definition) is 1. The van der Waals surface area contributed by atoms with Gasteiger partial charge in [-0.3, -0.25) is 14.2 Å². The summed E-state index contributed by atoms with van der Waals surface area (Å²) < 4.78 is 6.70. The molecule has 7 heteroatoms. The van der Waals surface area contributed by atoms with Crippen molar-refractivity contribution in [1.82, 2.24) is 9.55 Å². The maximum atomic E-state index is 12.7. The Morgan fingerprint density at radius 1 is 1.18 bits per heavy atom. The van der Waals surface area contributed by atoms with Gasteiger partial charge >= 0.3 is 0 Å². The van der Waals surface area contributed by atoms with E-state index in [1.165, 1.54) is 4.57 Å². The fourth-order valence-corrected chi connectivity index (χ4v) is 3.53. The van der Waals surface area contributed by atoms with Crippen LogP contribution in [0.25, 0.3) is 5.69 Å². The standard InChI is InChI=1S/C21H21N3O3S/c1-14-9-15(2)11-16(10-14)23-19(25)13-28-20-21(26)24(8-7-22-20)17-5-4-6-18(12-17)27-3/h4-12H,13H2,1-3H3,(H,23,25). The lowest BCUT2D eigenvalue weighted by Gasteiger charge is -2.09. The van der Waals surface area contributed by atoms with Gasteiger partial charge in [-0.1, -0.05) is 23.9 Å². The normalized spacial score (nSPS) is 10.5. The molecule has 1 aromatic heterocycles. The van der Waals surface area contributed by atoms with Crippen molar-refractivity contribution in [3.05, 3.63) is 76.3 Å². The van der Waals surface area contributed by atoms with Gasteiger partial charge in [-0.15, -0.1) is 0 Å². The van der Waals surface area contributed by atoms with Crippen molar-refractivity contribution >= 4 is 23.4 Å². The lowest BCUT2D eigenvalue weighted by atomic mass is 10.1. The molecule has 0 aliphatic carbocycles. The largest absolute Gasteiger partial charge is 0.497 e. The van der Waals surface area contributed by atoms with Crippen LogP contribution in [0.1, 0.15) is 11.1 Å². The van der Waals surface area contributed by atoms with E-state index in [1.54, 1.807) is 25.6 Å². The van der Waals surface area contributed by atoms with E-state index in [-0.39, 0.29) is 22.2 Å². The van der Waals surface area contributed by atoms with Crippen molar-refractivity contribution in [2.24, 2.45) is 0 Å². The Labute approximate surface area is 167 Å². The molecule has 0 saturated carbocycles. The molecule has 0 spiro atoms. The van der Waals surface area contributed by atoms with Gasteiger partial charge in [-0.05, 0) is 49.2 Å². The molecule has 1 amide bonds. The minimum absolute atomic E-state index is 0.0946. The van der Waals surface area contributed by atoms with Crippen LogP contribution in [0, 0.1) is 13.8 Å². The minimum Gasteiger partial charge on any atom is -0.497 e. The van der Waals surface area contributed by atoms with Crippen LogP contribution >= 0.6 is 11.8 Å². The van der Waals surface area contributed by atoms with E-state index in [9.17, 15) is 9.59 Å². The molecule has 3 aromatic rings. The molecule has 3 rings (SSSR count). The highest BCUT2D eigenvalue weighted by Gasteiger charge is 2.11. The van der Waals surface area contributed by atoms with E-state index < -0.39 is 0 Å². The highest BCUT2D eigenvalue weighted by atomic mass is 32.2. The summed E-state index contributed by atoms with van der Waals surface area (Å²) in [7, 11) is 1.57. The van der Waals surface area contributed by atoms with Gasteiger partial charge in [-0.2, -0.15) is 0 Å². The number of carbonyl (C=O) groups is 1. The van der Waals surface area contributed by atoms with E-state index in [0.29, 0.717) is 11.4 Å². The number of aryl methyl sites for hydroxylation is 2. The monoisotopic (exact) mass is 395 g/mol. The number of hydrogen-bond acceptors (Lipinski definition) is 5. The first-order valence-electron chi connectivity index (χ1n) is 8.69. The van der Waals surface area contributed by atoms with Gasteiger partial charge in [0.1, 0.15) is 5.75 Å². The van der Waals surface area contributed by atoms with Crippen molar-refractivity contribution in [2.75, 3.05) is 18.2 Å². The Kier molecular flexibility index (Phi) is 6.16. The fraction of sp³-hybridized carbons (Fsp3) is 0.190. The summed E-state index contributed by atoms with van der Waals surface area (Å²) in [6, 6.07) is 13.1. The van der Waals surface area contributed by atoms with Gasteiger partial charge < -0.3 is 10.1 Å². The molecule has 144 valence electrons. The molecule has 6 nitrogen and oxygen atoms in total. The minimum atomic E-state index is -0.278. The number of aromatic nitrogens is 2. The molecule has 0 fully saturated rings. The molecule has 0 aliphatic rings. The third kappa shape index (κ3) is 4.80. The first-order chi connectivity index (χ1) is 13.5. The van der Waals surface area contributed by atoms with Crippen molar-refractivity contribution < 1.29 is 9.53 Å². The Morgan fingerprint density at radius 3 is 2.64 bits per heavy atom. The van der Waals surface area contributed by atoms with Crippen LogP contribution in [-0.4, -0.2) is 28.3 Å². The van der Waals surface area contributed by atoms with Crippen LogP contribution in [0.5, 0.6) is 5.75 Å². The van der Waals surface area contributed by atoms with Crippen LogP contribution in [0.3, 0.4) is 0 Å². The molecule has 0 bridgehead atoms. The number of nitrogens with one attached hydrogen (secondary N) is 1. The Bertz CT molecular complexity index is 1040. The number of anilines is 1. The van der Waals surface area contributed by atoms with Crippen LogP contribution in [0.15, 0.2) is 64.7 Å². The van der Waals surface area contributed by atoms with Crippen LogP contribution in [-0.2, 0) is 4.79 Å². The number of amides is 1. The molecule has 2 aromatic carbocycles. The molecular formula is C21H21N3O3S. The summed E-state index contributed by atoms with van der Waals surface area (Å²) in [4.78, 5) is 29.1. The van der Waals surface area contributed by atoms with Gasteiger partial charge in [0.25, 0.3) is 5.56 Å². The first kappa shape index (κ1) is 19.7. The number of benzene rings is 2. The molecular weight excluding hydrogens is 374 g/mol. The quantitative estimate of drug-likeness (QED) is 0.646. The number of rotatable bonds is 6. The average molecular weight is 395 g/mol. The SMILES string of the molecule is COc1cccc(-n2ccnc(SCC(=O)Nc3cc(C)cc(C)c3)c2=O)c1. The smallest absolute Gasteiger partial charge is 0.287 e. The highest BCUT2D eigenvalue weighted by molar-refractivity contribution is 7.99. The first-order valence-corrected chi connectivity index (χ1v) is 9.68. The van der Waals surface area contributed by atoms with Crippen LogP contribution in [0.4, 0.5) is 5.69 Å². The highest BCUT2D eigenvalue weighted by Crippen LogP contribution is 2.18. The Morgan fingerprint density at radius 2 is 1.93 bits per heavy atom. The predicted molar refractivity (Wildman–Crippen MR) is 112 cm³/mol. The zero-order chi connectivity index (χ0) is 20.1. The molecule has 0 saturated heterocycles. The zero-order valence-corrected chi connectivity index (χ0v) is 16.7. The molecule has 0 radical (unpaired) electrons. The topological polar surface area (TPSA) is 73.2 Å². The van der Waals surface area contributed by atoms with E-state index in [4.69, 9.17) is 4.74 Å². The average Bonchev–Trinajstić information content (AvgIpc) is 2.66. The van der Waals surface area contributed by atoms with Gasteiger partial charge in [-0.25, -0.2) is 4.98 Å². The number of methoxy groups -OCH3 is 1. The lowest BCUT2D eigenvalue weighted by Crippen LogP contribution is -2.22. The third-order valence-electron chi connectivity index (χ3n) is 3.99. The second kappa shape index (κ2) is 8.75. The summed E-state index contributed by atoms with van der Waals surface area (Å²) in [6.45, 7) is 3.96. The number of ether oxygens (including phenoxy) is 1. The predicted octanol–water partition coefficient (Wildman–Crippen LogP) is 3.59. The van der Waals surface area contributed by atoms with Gasteiger partial charge in [0.15, 0.2) is 5.03 Å². The Balaban J connectivity index is 1.72. The molecule has 0 atom stereocenters. The van der Waals surface area contributed by atoms with Crippen molar-refractivity contribution in [1.29, 1.82) is 0 Å². The molecule has 1 heterocycles. The number of carbonyl (C=O) groups excluding carboxylic acids is 1. The van der Waals surface area contributed by atoms with Crippen LogP contribution < -0.4 is 15.6 Å². The van der Waals surface area contributed by atoms with E-state index >= 15 is 0 Å². The van der Waals surface area contributed by atoms with E-state index in [0.717, 1.165) is 28.6 Å². The van der Waals surface area contributed by atoms with Crippen molar-refractivity contribution in [3.63, 3.8) is 0 Å². The summed E-state index contributed by atoms with van der Waals surface area (Å²) >= 11 is 1.11. The zero-order valence-electron chi connectivity index (χ0n) is 15.9. The number of nitrogens with zero attached hydrogens (tertiary/aromatic N) is 2. The second-order valence-corrected chi connectivity index (χ2v) is 7.29. The van der Waals surface area contributed by atoms with Crippen LogP contribution in [0.2, 0.25) is 0 Å². The molecule has 1 N–H and O–H groups in total. The Hall–Kier alpha value is -3.06. The second-order valence-electron chi connectivity index (χ2n) is 6.32. The maximum absolute atomic E-state index is 12.7. The summed E-state index contributed by atoms with van der Waals surface area (Å²) in [5, 5.41) is 3.13. The fourth-order valence-electron chi connectivity index (χ4n) is 2.83.